The summed E-state index contributed by atoms with van der Waals surface area (Å²) in [4.78, 5) is 27.5. The molecule has 1 fully saturated rings. The first-order chi connectivity index (χ1) is 14.0. The quantitative estimate of drug-likeness (QED) is 0.587. The standard InChI is InChI=1S/C22H21FN2O4/c1-15(26)17-4-5-19(18(23)13-17)24-8-10-25(11-9-24)22(27)7-3-16-2-6-20-21(12-16)29-14-28-20/h2-7,12-13H,8-11,14H2,1H3/b7-3+. The molecule has 0 spiro atoms. The van der Waals surface area contributed by atoms with E-state index in [1.54, 1.807) is 23.1 Å². The summed E-state index contributed by atoms with van der Waals surface area (Å²) in [6, 6.07) is 10.0. The lowest BCUT2D eigenvalue weighted by Crippen LogP contribution is -2.48. The maximum absolute atomic E-state index is 14.3. The molecule has 1 amide bonds. The topological polar surface area (TPSA) is 59.1 Å². The van der Waals surface area contributed by atoms with Gasteiger partial charge in [-0.05, 0) is 48.9 Å². The van der Waals surface area contributed by atoms with E-state index in [0.29, 0.717) is 48.9 Å². The Morgan fingerprint density at radius 2 is 1.76 bits per heavy atom. The molecule has 0 aliphatic carbocycles. The predicted octanol–water partition coefficient (Wildman–Crippen LogP) is 3.12. The monoisotopic (exact) mass is 396 g/mol. The number of rotatable bonds is 4. The summed E-state index contributed by atoms with van der Waals surface area (Å²) in [6.45, 7) is 3.68. The van der Waals surface area contributed by atoms with Gasteiger partial charge in [0, 0.05) is 37.8 Å². The molecule has 0 bridgehead atoms. The van der Waals surface area contributed by atoms with E-state index in [0.717, 1.165) is 5.56 Å². The van der Waals surface area contributed by atoms with Crippen LogP contribution in [-0.4, -0.2) is 49.6 Å². The number of benzene rings is 2. The number of carbonyl (C=O) groups is 2. The van der Waals surface area contributed by atoms with Crippen LogP contribution in [0.1, 0.15) is 22.8 Å². The number of nitrogens with zero attached hydrogens (tertiary/aromatic N) is 2. The number of halogens is 1. The maximum atomic E-state index is 14.3. The highest BCUT2D eigenvalue weighted by Gasteiger charge is 2.22. The van der Waals surface area contributed by atoms with Crippen molar-refractivity contribution in [2.24, 2.45) is 0 Å². The van der Waals surface area contributed by atoms with Gasteiger partial charge in [-0.2, -0.15) is 0 Å². The molecule has 0 atom stereocenters. The summed E-state index contributed by atoms with van der Waals surface area (Å²) in [5, 5.41) is 0. The molecule has 0 saturated carbocycles. The SMILES string of the molecule is CC(=O)c1ccc(N2CCN(C(=O)/C=C/c3ccc4c(c3)OCO4)CC2)c(F)c1. The lowest BCUT2D eigenvalue weighted by Gasteiger charge is -2.35. The number of piperazine rings is 1. The number of Topliss-reactive ketones (excluding diaryl/α,β-unsaturated/α-hetero) is 1. The van der Waals surface area contributed by atoms with E-state index < -0.39 is 5.82 Å². The molecule has 0 unspecified atom stereocenters. The van der Waals surface area contributed by atoms with E-state index in [-0.39, 0.29) is 18.5 Å². The van der Waals surface area contributed by atoms with E-state index in [4.69, 9.17) is 9.47 Å². The van der Waals surface area contributed by atoms with Crippen molar-refractivity contribution < 1.29 is 23.5 Å². The molecule has 2 aromatic carbocycles. The molecule has 0 N–H and O–H groups in total. The van der Waals surface area contributed by atoms with Gasteiger partial charge in [0.2, 0.25) is 12.7 Å². The van der Waals surface area contributed by atoms with Crippen LogP contribution >= 0.6 is 0 Å². The van der Waals surface area contributed by atoms with Gasteiger partial charge in [-0.1, -0.05) is 6.07 Å². The number of ketones is 1. The minimum Gasteiger partial charge on any atom is -0.454 e. The van der Waals surface area contributed by atoms with Crippen LogP contribution in [0.15, 0.2) is 42.5 Å². The minimum atomic E-state index is -0.416. The first kappa shape index (κ1) is 19.0. The molecule has 2 aliphatic rings. The van der Waals surface area contributed by atoms with Gasteiger partial charge in [0.05, 0.1) is 5.69 Å². The second-order valence-corrected chi connectivity index (χ2v) is 6.98. The zero-order chi connectivity index (χ0) is 20.4. The van der Waals surface area contributed by atoms with Crippen molar-refractivity contribution in [1.29, 1.82) is 0 Å². The normalized spacial score (nSPS) is 15.8. The van der Waals surface area contributed by atoms with Gasteiger partial charge in [-0.25, -0.2) is 4.39 Å². The number of anilines is 1. The van der Waals surface area contributed by atoms with Crippen molar-refractivity contribution in [3.63, 3.8) is 0 Å². The Labute approximate surface area is 168 Å². The lowest BCUT2D eigenvalue weighted by atomic mass is 10.1. The highest BCUT2D eigenvalue weighted by Crippen LogP contribution is 2.32. The number of hydrogen-bond donors (Lipinski definition) is 0. The van der Waals surface area contributed by atoms with E-state index in [1.807, 2.05) is 23.1 Å². The third-order valence-electron chi connectivity index (χ3n) is 5.10. The van der Waals surface area contributed by atoms with Gasteiger partial charge in [-0.3, -0.25) is 9.59 Å². The third-order valence-corrected chi connectivity index (χ3v) is 5.10. The van der Waals surface area contributed by atoms with Crippen LogP contribution in [0.2, 0.25) is 0 Å². The second kappa shape index (κ2) is 7.95. The zero-order valence-electron chi connectivity index (χ0n) is 16.1. The fourth-order valence-corrected chi connectivity index (χ4v) is 3.44. The van der Waals surface area contributed by atoms with Crippen LogP contribution in [0.4, 0.5) is 10.1 Å². The molecule has 2 aliphatic heterocycles. The summed E-state index contributed by atoms with van der Waals surface area (Å²) in [7, 11) is 0. The Bertz CT molecular complexity index is 981. The van der Waals surface area contributed by atoms with Gasteiger partial charge < -0.3 is 19.3 Å². The fraction of sp³-hybridized carbons (Fsp3) is 0.273. The van der Waals surface area contributed by atoms with E-state index in [2.05, 4.69) is 0 Å². The molecule has 4 rings (SSSR count). The number of ether oxygens (including phenoxy) is 2. The first-order valence-electron chi connectivity index (χ1n) is 9.43. The van der Waals surface area contributed by atoms with Crippen molar-refractivity contribution >= 4 is 23.5 Å². The number of hydrogen-bond acceptors (Lipinski definition) is 5. The summed E-state index contributed by atoms with van der Waals surface area (Å²) < 4.78 is 25.0. The average molecular weight is 396 g/mol. The largest absolute Gasteiger partial charge is 0.454 e. The van der Waals surface area contributed by atoms with Crippen molar-refractivity contribution in [2.45, 2.75) is 6.92 Å². The van der Waals surface area contributed by atoms with Gasteiger partial charge in [0.1, 0.15) is 5.82 Å². The van der Waals surface area contributed by atoms with Crippen LogP contribution in [0.25, 0.3) is 6.08 Å². The highest BCUT2D eigenvalue weighted by atomic mass is 19.1. The molecule has 0 aromatic heterocycles. The first-order valence-corrected chi connectivity index (χ1v) is 9.43. The van der Waals surface area contributed by atoms with E-state index >= 15 is 0 Å². The number of fused-ring (bicyclic) bond motifs is 1. The van der Waals surface area contributed by atoms with Crippen LogP contribution in [0.5, 0.6) is 11.5 Å². The van der Waals surface area contributed by atoms with Crippen LogP contribution in [-0.2, 0) is 4.79 Å². The second-order valence-electron chi connectivity index (χ2n) is 6.98. The Balaban J connectivity index is 1.35. The predicted molar refractivity (Wildman–Crippen MR) is 107 cm³/mol. The number of carbonyl (C=O) groups excluding carboxylic acids is 2. The summed E-state index contributed by atoms with van der Waals surface area (Å²) in [5.74, 6) is 0.703. The third kappa shape index (κ3) is 4.08. The molecule has 150 valence electrons. The molecule has 6 nitrogen and oxygen atoms in total. The zero-order valence-corrected chi connectivity index (χ0v) is 16.1. The van der Waals surface area contributed by atoms with Gasteiger partial charge >= 0.3 is 0 Å². The van der Waals surface area contributed by atoms with Gasteiger partial charge in [0.25, 0.3) is 0 Å². The Morgan fingerprint density at radius 1 is 1.00 bits per heavy atom. The van der Waals surface area contributed by atoms with E-state index in [9.17, 15) is 14.0 Å². The minimum absolute atomic E-state index is 0.0882. The molecular formula is C22H21FN2O4. The molecule has 0 radical (unpaired) electrons. The molecule has 2 aromatic rings. The molecule has 1 saturated heterocycles. The van der Waals surface area contributed by atoms with Gasteiger partial charge in [-0.15, -0.1) is 0 Å². The summed E-state index contributed by atoms with van der Waals surface area (Å²) in [6.07, 6.45) is 3.28. The van der Waals surface area contributed by atoms with Gasteiger partial charge in [0.15, 0.2) is 17.3 Å². The highest BCUT2D eigenvalue weighted by molar-refractivity contribution is 5.94. The maximum Gasteiger partial charge on any atom is 0.246 e. The Kier molecular flexibility index (Phi) is 5.20. The average Bonchev–Trinajstić information content (AvgIpc) is 3.20. The molecule has 7 heteroatoms. The lowest BCUT2D eigenvalue weighted by molar-refractivity contribution is -0.126. The Hall–Kier alpha value is -3.35. The summed E-state index contributed by atoms with van der Waals surface area (Å²) in [5.41, 5.74) is 1.67. The van der Waals surface area contributed by atoms with Crippen LogP contribution in [0.3, 0.4) is 0 Å². The van der Waals surface area contributed by atoms with Crippen molar-refractivity contribution in [1.82, 2.24) is 4.90 Å². The smallest absolute Gasteiger partial charge is 0.246 e. The van der Waals surface area contributed by atoms with Crippen LogP contribution < -0.4 is 14.4 Å². The molecule has 29 heavy (non-hydrogen) atoms. The molecular weight excluding hydrogens is 375 g/mol. The summed E-state index contributed by atoms with van der Waals surface area (Å²) >= 11 is 0. The number of amides is 1. The van der Waals surface area contributed by atoms with Crippen molar-refractivity contribution in [2.75, 3.05) is 37.9 Å². The van der Waals surface area contributed by atoms with E-state index in [1.165, 1.54) is 19.1 Å². The van der Waals surface area contributed by atoms with Crippen LogP contribution in [0, 0.1) is 5.82 Å². The van der Waals surface area contributed by atoms with Crippen molar-refractivity contribution in [3.05, 3.63) is 59.4 Å². The Morgan fingerprint density at radius 3 is 2.48 bits per heavy atom. The molecule has 2 heterocycles. The fourth-order valence-electron chi connectivity index (χ4n) is 3.44. The van der Waals surface area contributed by atoms with Crippen molar-refractivity contribution in [3.8, 4) is 11.5 Å².